The van der Waals surface area contributed by atoms with Gasteiger partial charge in [-0.25, -0.2) is 0 Å². The Hall–Kier alpha value is -2.82. The summed E-state index contributed by atoms with van der Waals surface area (Å²) in [7, 11) is 0. The van der Waals surface area contributed by atoms with Crippen LogP contribution in [0.15, 0.2) is 48.5 Å². The Balaban J connectivity index is 1.50. The first-order chi connectivity index (χ1) is 17.0. The van der Waals surface area contributed by atoms with Crippen LogP contribution >= 0.6 is 0 Å². The van der Waals surface area contributed by atoms with Gasteiger partial charge in [-0.2, -0.15) is 0 Å². The maximum Gasteiger partial charge on any atom is 0.303 e. The molecule has 0 spiro atoms. The maximum atomic E-state index is 12.1. The van der Waals surface area contributed by atoms with Crippen LogP contribution in [-0.2, 0) is 30.4 Å². The first kappa shape index (κ1) is 25.3. The number of hydrogen-bond donors (Lipinski definition) is 3. The predicted molar refractivity (Wildman–Crippen MR) is 128 cm³/mol. The zero-order valence-corrected chi connectivity index (χ0v) is 19.6. The molecule has 2 aliphatic heterocycles. The van der Waals surface area contributed by atoms with Gasteiger partial charge in [0.1, 0.15) is 0 Å². The molecule has 9 heteroatoms. The summed E-state index contributed by atoms with van der Waals surface area (Å²) in [4.78, 5) is 25.2. The number of nitrogens with zero attached hydrogens (tertiary/aromatic N) is 1. The molecular formula is C26H32N2O7. The van der Waals surface area contributed by atoms with Crippen LogP contribution in [0.5, 0.6) is 0 Å². The number of hydrogen-bond acceptors (Lipinski definition) is 7. The number of carboxylic acid groups (broad SMARTS) is 1. The Morgan fingerprint density at radius 3 is 2.49 bits per heavy atom. The highest BCUT2D eigenvalue weighted by atomic mass is 16.7. The van der Waals surface area contributed by atoms with Crippen molar-refractivity contribution in [1.82, 2.24) is 4.90 Å². The van der Waals surface area contributed by atoms with Gasteiger partial charge in [0, 0.05) is 43.7 Å². The van der Waals surface area contributed by atoms with E-state index in [9.17, 15) is 14.7 Å². The van der Waals surface area contributed by atoms with Crippen LogP contribution in [0.2, 0.25) is 0 Å². The van der Waals surface area contributed by atoms with Crippen molar-refractivity contribution in [3.05, 3.63) is 65.2 Å². The number of carbonyl (C=O) groups is 2. The molecule has 0 radical (unpaired) electrons. The van der Waals surface area contributed by atoms with Crippen LogP contribution in [0, 0.1) is 0 Å². The number of carbonyl (C=O) groups excluding carboxylic acids is 1. The molecule has 0 aromatic heterocycles. The molecule has 0 unspecified atom stereocenters. The highest BCUT2D eigenvalue weighted by Gasteiger charge is 2.33. The van der Waals surface area contributed by atoms with Gasteiger partial charge in [-0.15, -0.1) is 0 Å². The van der Waals surface area contributed by atoms with Gasteiger partial charge in [-0.05, 0) is 23.3 Å². The quantitative estimate of drug-likeness (QED) is 0.497. The first-order valence-corrected chi connectivity index (χ1v) is 11.9. The molecule has 0 bridgehead atoms. The molecule has 1 amide bonds. The summed E-state index contributed by atoms with van der Waals surface area (Å²) >= 11 is 0. The number of ether oxygens (including phenoxy) is 3. The van der Waals surface area contributed by atoms with E-state index in [1.54, 1.807) is 12.1 Å². The molecule has 2 aromatic rings. The van der Waals surface area contributed by atoms with Crippen LogP contribution < -0.4 is 5.32 Å². The largest absolute Gasteiger partial charge is 0.481 e. The first-order valence-electron chi connectivity index (χ1n) is 11.9. The number of benzene rings is 2. The van der Waals surface area contributed by atoms with E-state index >= 15 is 0 Å². The minimum atomic E-state index is -1.01. The van der Waals surface area contributed by atoms with E-state index in [2.05, 4.69) is 10.2 Å². The summed E-state index contributed by atoms with van der Waals surface area (Å²) in [6.07, 6.45) is -0.514. The second-order valence-electron chi connectivity index (χ2n) is 8.83. The molecule has 3 N–H and O–H groups in total. The summed E-state index contributed by atoms with van der Waals surface area (Å²) in [5.41, 5.74) is 3.18. The molecule has 3 atom stereocenters. The van der Waals surface area contributed by atoms with Gasteiger partial charge in [0.25, 0.3) is 0 Å². The van der Waals surface area contributed by atoms with Crippen molar-refractivity contribution in [3.63, 3.8) is 0 Å². The summed E-state index contributed by atoms with van der Waals surface area (Å²) in [6, 6.07) is 15.0. The second kappa shape index (κ2) is 12.2. The van der Waals surface area contributed by atoms with E-state index in [1.165, 1.54) is 0 Å². The van der Waals surface area contributed by atoms with Crippen molar-refractivity contribution in [2.75, 3.05) is 38.2 Å². The Bertz CT molecular complexity index is 991. The maximum absolute atomic E-state index is 12.1. The van der Waals surface area contributed by atoms with Crippen LogP contribution in [0.4, 0.5) is 5.69 Å². The lowest BCUT2D eigenvalue weighted by molar-refractivity contribution is -0.253. The van der Waals surface area contributed by atoms with Crippen molar-refractivity contribution < 1.29 is 34.0 Å². The lowest BCUT2D eigenvalue weighted by Crippen LogP contribution is -2.44. The van der Waals surface area contributed by atoms with Gasteiger partial charge in [-0.1, -0.05) is 36.4 Å². The molecule has 188 valence electrons. The van der Waals surface area contributed by atoms with E-state index in [4.69, 9.17) is 19.3 Å². The van der Waals surface area contributed by atoms with Crippen molar-refractivity contribution in [2.45, 2.75) is 44.4 Å². The zero-order valence-electron chi connectivity index (χ0n) is 19.6. The number of aliphatic carboxylic acids is 1. The Kier molecular flexibility index (Phi) is 8.84. The topological polar surface area (TPSA) is 118 Å². The number of morpholine rings is 1. The van der Waals surface area contributed by atoms with Crippen LogP contribution in [0.3, 0.4) is 0 Å². The smallest absolute Gasteiger partial charge is 0.303 e. The molecule has 35 heavy (non-hydrogen) atoms. The lowest BCUT2D eigenvalue weighted by Gasteiger charge is -2.39. The highest BCUT2D eigenvalue weighted by Crippen LogP contribution is 2.38. The second-order valence-corrected chi connectivity index (χ2v) is 8.83. The third-order valence-electron chi connectivity index (χ3n) is 6.19. The van der Waals surface area contributed by atoms with Crippen molar-refractivity contribution >= 4 is 17.6 Å². The van der Waals surface area contributed by atoms with E-state index in [0.29, 0.717) is 25.3 Å². The molecule has 2 aromatic carbocycles. The van der Waals surface area contributed by atoms with Gasteiger partial charge >= 0.3 is 5.97 Å². The minimum Gasteiger partial charge on any atom is -0.481 e. The van der Waals surface area contributed by atoms with Gasteiger partial charge in [0.15, 0.2) is 6.29 Å². The summed E-state index contributed by atoms with van der Waals surface area (Å²) in [5, 5.41) is 20.9. The Morgan fingerprint density at radius 1 is 1.00 bits per heavy atom. The number of nitrogens with one attached hydrogen (secondary N) is 1. The van der Waals surface area contributed by atoms with Crippen molar-refractivity contribution in [3.8, 4) is 0 Å². The third kappa shape index (κ3) is 7.33. The number of aliphatic hydroxyl groups excluding tert-OH is 1. The fourth-order valence-electron chi connectivity index (χ4n) is 4.31. The zero-order chi connectivity index (χ0) is 24.6. The van der Waals surface area contributed by atoms with E-state index < -0.39 is 12.3 Å². The monoisotopic (exact) mass is 484 g/mol. The predicted octanol–water partition coefficient (Wildman–Crippen LogP) is 2.86. The van der Waals surface area contributed by atoms with E-state index in [0.717, 1.165) is 36.3 Å². The van der Waals surface area contributed by atoms with Gasteiger partial charge in [0.05, 0.1) is 38.4 Å². The number of anilines is 1. The molecule has 0 aliphatic carbocycles. The molecule has 0 saturated carbocycles. The molecule has 2 saturated heterocycles. The number of carboxylic acids is 1. The molecule has 2 fully saturated rings. The standard InChI is InChI=1S/C26H32N2O7/c29-17-18-4-6-19(7-5-18)23-15-22(16-28-10-12-33-13-11-28)34-26(35-23)20-2-1-3-21(14-20)27-24(30)8-9-25(31)32/h1-7,14,22-23,26,29H,8-13,15-17H2,(H,27,30)(H,31,32)/t22-,23+,26+/m0/s1. The van der Waals surface area contributed by atoms with E-state index in [1.807, 2.05) is 36.4 Å². The van der Waals surface area contributed by atoms with Gasteiger partial charge in [0.2, 0.25) is 5.91 Å². The molecule has 9 nitrogen and oxygen atoms in total. The Labute approximate surface area is 204 Å². The normalized spacial score (nSPS) is 23.1. The average molecular weight is 485 g/mol. The SMILES string of the molecule is O=C(O)CCC(=O)Nc1cccc([C@@H]2O[C@H](CN3CCOCC3)C[C@H](c3ccc(CO)cc3)O2)c1. The number of rotatable bonds is 9. The average Bonchev–Trinajstić information content (AvgIpc) is 2.88. The van der Waals surface area contributed by atoms with E-state index in [-0.39, 0.29) is 37.6 Å². The van der Waals surface area contributed by atoms with Crippen LogP contribution in [-0.4, -0.2) is 65.9 Å². The minimum absolute atomic E-state index is 0.0117. The fraction of sp³-hybridized carbons (Fsp3) is 0.462. The third-order valence-corrected chi connectivity index (χ3v) is 6.19. The van der Waals surface area contributed by atoms with Crippen LogP contribution in [0.1, 0.15) is 48.3 Å². The summed E-state index contributed by atoms with van der Waals surface area (Å²) < 4.78 is 18.2. The molecule has 2 aliphatic rings. The van der Waals surface area contributed by atoms with Crippen molar-refractivity contribution in [2.24, 2.45) is 0 Å². The molecule has 4 rings (SSSR count). The van der Waals surface area contributed by atoms with Crippen LogP contribution in [0.25, 0.3) is 0 Å². The number of aliphatic hydroxyl groups is 1. The summed E-state index contributed by atoms with van der Waals surface area (Å²) in [5.74, 6) is -1.37. The highest BCUT2D eigenvalue weighted by molar-refractivity contribution is 5.92. The fourth-order valence-corrected chi connectivity index (χ4v) is 4.31. The molecular weight excluding hydrogens is 452 g/mol. The van der Waals surface area contributed by atoms with Crippen molar-refractivity contribution in [1.29, 1.82) is 0 Å². The molecule has 2 heterocycles. The Morgan fingerprint density at radius 2 is 1.77 bits per heavy atom. The van der Waals surface area contributed by atoms with Gasteiger partial charge in [-0.3, -0.25) is 14.5 Å². The lowest BCUT2D eigenvalue weighted by atomic mass is 9.99. The number of amides is 1. The van der Waals surface area contributed by atoms with Gasteiger partial charge < -0.3 is 29.7 Å². The summed E-state index contributed by atoms with van der Waals surface area (Å²) in [6.45, 7) is 3.89.